The van der Waals surface area contributed by atoms with Crippen molar-refractivity contribution >= 4 is 44.4 Å². The first-order valence-corrected chi connectivity index (χ1v) is 11.4. The fourth-order valence-electron chi connectivity index (χ4n) is 2.66. The summed E-state index contributed by atoms with van der Waals surface area (Å²) in [5.41, 5.74) is 0.771. The smallest absolute Gasteiger partial charge is 0.262 e. The number of carbonyl (C=O) groups excluding carboxylic acids is 2. The molecular formula is C21H20N2O5S2. The van der Waals surface area contributed by atoms with Crippen LogP contribution in [0.5, 0.6) is 5.75 Å². The molecule has 0 spiro atoms. The van der Waals surface area contributed by atoms with E-state index in [1.54, 1.807) is 36.4 Å². The zero-order valence-corrected chi connectivity index (χ0v) is 17.8. The highest BCUT2D eigenvalue weighted by Gasteiger charge is 2.17. The summed E-state index contributed by atoms with van der Waals surface area (Å²) in [6.45, 7) is 0. The molecule has 0 aliphatic rings. The Hall–Kier alpha value is -3.17. The Labute approximate surface area is 178 Å². The van der Waals surface area contributed by atoms with Gasteiger partial charge in [-0.3, -0.25) is 14.3 Å². The molecule has 1 amide bonds. The van der Waals surface area contributed by atoms with E-state index in [4.69, 9.17) is 4.74 Å². The highest BCUT2D eigenvalue weighted by Crippen LogP contribution is 2.26. The zero-order valence-electron chi connectivity index (χ0n) is 16.1. The lowest BCUT2D eigenvalue weighted by molar-refractivity contribution is -0.116. The first-order chi connectivity index (χ1) is 14.4. The third-order valence-corrected chi connectivity index (χ3v) is 6.47. The summed E-state index contributed by atoms with van der Waals surface area (Å²) in [5.74, 6) is 0.00807. The van der Waals surface area contributed by atoms with Crippen molar-refractivity contribution in [3.8, 4) is 5.75 Å². The maximum Gasteiger partial charge on any atom is 0.262 e. The van der Waals surface area contributed by atoms with Gasteiger partial charge in [0.25, 0.3) is 10.0 Å². The van der Waals surface area contributed by atoms with E-state index in [1.165, 1.54) is 42.7 Å². The standard InChI is InChI=1S/C21H20N2O5S2/c1-28-19-6-3-2-5-17(19)23-30(26,27)16-10-8-15(9-11-16)22-21(25)13-12-18(24)20-7-4-14-29-20/h2-11,14,23H,12-13H2,1H3,(H,22,25). The third kappa shape index (κ3) is 5.46. The average Bonchev–Trinajstić information content (AvgIpc) is 3.27. The van der Waals surface area contributed by atoms with Gasteiger partial charge in [0.2, 0.25) is 5.91 Å². The molecule has 156 valence electrons. The van der Waals surface area contributed by atoms with Crippen LogP contribution in [0.15, 0.2) is 70.9 Å². The number of benzene rings is 2. The Balaban J connectivity index is 1.60. The highest BCUT2D eigenvalue weighted by molar-refractivity contribution is 7.92. The van der Waals surface area contributed by atoms with Crippen molar-refractivity contribution in [3.63, 3.8) is 0 Å². The van der Waals surface area contributed by atoms with Gasteiger partial charge in [-0.1, -0.05) is 18.2 Å². The summed E-state index contributed by atoms with van der Waals surface area (Å²) >= 11 is 1.34. The second-order valence-electron chi connectivity index (χ2n) is 6.28. The average molecular weight is 445 g/mol. The number of para-hydroxylation sites is 2. The molecule has 1 aromatic heterocycles. The van der Waals surface area contributed by atoms with E-state index in [-0.39, 0.29) is 29.4 Å². The monoisotopic (exact) mass is 444 g/mol. The molecule has 2 aromatic carbocycles. The number of hydrogen-bond donors (Lipinski definition) is 2. The quantitative estimate of drug-likeness (QED) is 0.483. The molecule has 1 heterocycles. The number of rotatable bonds is 9. The number of anilines is 2. The molecule has 2 N–H and O–H groups in total. The third-order valence-electron chi connectivity index (χ3n) is 4.17. The molecule has 3 rings (SSSR count). The van der Waals surface area contributed by atoms with Crippen molar-refractivity contribution in [2.45, 2.75) is 17.7 Å². The minimum Gasteiger partial charge on any atom is -0.495 e. The molecule has 0 unspecified atom stereocenters. The molecule has 0 bridgehead atoms. The lowest BCUT2D eigenvalue weighted by Gasteiger charge is -2.12. The molecule has 0 radical (unpaired) electrons. The number of Topliss-reactive ketones (excluding diaryl/α,β-unsaturated/α-hetero) is 1. The van der Waals surface area contributed by atoms with Crippen LogP contribution in [0.25, 0.3) is 0 Å². The highest BCUT2D eigenvalue weighted by atomic mass is 32.2. The van der Waals surface area contributed by atoms with Crippen molar-refractivity contribution < 1.29 is 22.7 Å². The lowest BCUT2D eigenvalue weighted by Crippen LogP contribution is -2.15. The van der Waals surface area contributed by atoms with Gasteiger partial charge < -0.3 is 10.1 Å². The molecule has 0 aliphatic heterocycles. The molecule has 30 heavy (non-hydrogen) atoms. The molecule has 0 atom stereocenters. The minimum atomic E-state index is -3.82. The SMILES string of the molecule is COc1ccccc1NS(=O)(=O)c1ccc(NC(=O)CCC(=O)c2cccs2)cc1. The van der Waals surface area contributed by atoms with Gasteiger partial charge in [-0.2, -0.15) is 0 Å². The Bertz CT molecular complexity index is 1120. The van der Waals surface area contributed by atoms with Crippen molar-refractivity contribution in [1.82, 2.24) is 0 Å². The maximum absolute atomic E-state index is 12.6. The van der Waals surface area contributed by atoms with E-state index in [0.717, 1.165) is 0 Å². The number of ketones is 1. The Morgan fingerprint density at radius 1 is 0.967 bits per heavy atom. The normalized spacial score (nSPS) is 11.0. The predicted molar refractivity (Wildman–Crippen MR) is 117 cm³/mol. The van der Waals surface area contributed by atoms with Crippen LogP contribution in [-0.2, 0) is 14.8 Å². The van der Waals surface area contributed by atoms with Gasteiger partial charge in [0, 0.05) is 18.5 Å². The Morgan fingerprint density at radius 3 is 2.37 bits per heavy atom. The number of hydrogen-bond acceptors (Lipinski definition) is 6. The van der Waals surface area contributed by atoms with Gasteiger partial charge in [0.05, 0.1) is 22.6 Å². The fourth-order valence-corrected chi connectivity index (χ4v) is 4.43. The van der Waals surface area contributed by atoms with E-state index >= 15 is 0 Å². The van der Waals surface area contributed by atoms with E-state index in [9.17, 15) is 18.0 Å². The predicted octanol–water partition coefficient (Wildman–Crippen LogP) is 4.16. The largest absolute Gasteiger partial charge is 0.495 e. The summed E-state index contributed by atoms with van der Waals surface area (Å²) < 4.78 is 32.8. The Kier molecular flexibility index (Phi) is 6.86. The summed E-state index contributed by atoms with van der Waals surface area (Å²) in [4.78, 5) is 24.7. The van der Waals surface area contributed by atoms with E-state index in [0.29, 0.717) is 22.0 Å². The molecule has 0 saturated heterocycles. The van der Waals surface area contributed by atoms with Crippen LogP contribution in [0.3, 0.4) is 0 Å². The van der Waals surface area contributed by atoms with Crippen LogP contribution >= 0.6 is 11.3 Å². The van der Waals surface area contributed by atoms with Crippen LogP contribution in [-0.4, -0.2) is 27.2 Å². The zero-order chi connectivity index (χ0) is 21.6. The van der Waals surface area contributed by atoms with Crippen molar-refractivity contribution in [3.05, 3.63) is 70.9 Å². The molecule has 0 fully saturated rings. The number of sulfonamides is 1. The molecule has 3 aromatic rings. The van der Waals surface area contributed by atoms with Gasteiger partial charge in [-0.05, 0) is 47.8 Å². The number of nitrogens with one attached hydrogen (secondary N) is 2. The van der Waals surface area contributed by atoms with E-state index in [2.05, 4.69) is 10.0 Å². The Morgan fingerprint density at radius 2 is 1.70 bits per heavy atom. The number of carbonyl (C=O) groups is 2. The van der Waals surface area contributed by atoms with Crippen LogP contribution < -0.4 is 14.8 Å². The summed E-state index contributed by atoms with van der Waals surface area (Å²) in [6.07, 6.45) is 0.160. The first kappa shape index (κ1) is 21.5. The summed E-state index contributed by atoms with van der Waals surface area (Å²) in [6, 6.07) is 16.0. The molecule has 9 heteroatoms. The van der Waals surface area contributed by atoms with Gasteiger partial charge in [-0.15, -0.1) is 11.3 Å². The molecule has 0 aliphatic carbocycles. The van der Waals surface area contributed by atoms with Crippen LogP contribution in [0.1, 0.15) is 22.5 Å². The van der Waals surface area contributed by atoms with Gasteiger partial charge in [0.15, 0.2) is 5.78 Å². The van der Waals surface area contributed by atoms with Crippen molar-refractivity contribution in [1.29, 1.82) is 0 Å². The minimum absolute atomic E-state index is 0.0410. The summed E-state index contributed by atoms with van der Waals surface area (Å²) in [7, 11) is -2.37. The van der Waals surface area contributed by atoms with Gasteiger partial charge in [0.1, 0.15) is 5.75 Å². The number of ether oxygens (including phenoxy) is 1. The topological polar surface area (TPSA) is 102 Å². The summed E-state index contributed by atoms with van der Waals surface area (Å²) in [5, 5.41) is 4.48. The van der Waals surface area contributed by atoms with Gasteiger partial charge in [-0.25, -0.2) is 8.42 Å². The number of thiophene rings is 1. The van der Waals surface area contributed by atoms with E-state index in [1.807, 2.05) is 5.38 Å². The van der Waals surface area contributed by atoms with Gasteiger partial charge >= 0.3 is 0 Å². The van der Waals surface area contributed by atoms with Crippen LogP contribution in [0, 0.1) is 0 Å². The molecule has 7 nitrogen and oxygen atoms in total. The lowest BCUT2D eigenvalue weighted by atomic mass is 10.2. The number of methoxy groups -OCH3 is 1. The van der Waals surface area contributed by atoms with Crippen molar-refractivity contribution in [2.75, 3.05) is 17.1 Å². The van der Waals surface area contributed by atoms with Crippen LogP contribution in [0.4, 0.5) is 11.4 Å². The number of amides is 1. The second kappa shape index (κ2) is 9.55. The first-order valence-electron chi connectivity index (χ1n) is 9.01. The fraction of sp³-hybridized carbons (Fsp3) is 0.143. The van der Waals surface area contributed by atoms with E-state index < -0.39 is 10.0 Å². The second-order valence-corrected chi connectivity index (χ2v) is 8.91. The van der Waals surface area contributed by atoms with Crippen LogP contribution in [0.2, 0.25) is 0 Å². The maximum atomic E-state index is 12.6. The molecular weight excluding hydrogens is 424 g/mol. The van der Waals surface area contributed by atoms with Crippen molar-refractivity contribution in [2.24, 2.45) is 0 Å². The molecule has 0 saturated carbocycles.